The third-order valence-electron chi connectivity index (χ3n) is 8.04. The van der Waals surface area contributed by atoms with Crippen molar-refractivity contribution in [2.24, 2.45) is 17.8 Å². The molecule has 0 aromatic rings. The first-order chi connectivity index (χ1) is 16.1. The van der Waals surface area contributed by atoms with Gasteiger partial charge in [0.1, 0.15) is 23.2 Å². The first-order valence-corrected chi connectivity index (χ1v) is 12.6. The summed E-state index contributed by atoms with van der Waals surface area (Å²) < 4.78 is 12.5. The van der Waals surface area contributed by atoms with Crippen LogP contribution in [-0.2, 0) is 23.9 Å². The molecule has 34 heavy (non-hydrogen) atoms. The highest BCUT2D eigenvalue weighted by molar-refractivity contribution is 5.99. The number of aliphatic hydroxyl groups excluding tert-OH is 1. The van der Waals surface area contributed by atoms with Crippen molar-refractivity contribution in [3.8, 4) is 0 Å². The summed E-state index contributed by atoms with van der Waals surface area (Å²) in [5.74, 6) is -2.88. The fourth-order valence-corrected chi connectivity index (χ4v) is 6.27. The number of fused-ring (bicyclic) bond motifs is 2. The Balaban J connectivity index is 1.95. The minimum absolute atomic E-state index is 0.0847. The van der Waals surface area contributed by atoms with Crippen molar-refractivity contribution in [3.63, 3.8) is 0 Å². The molecule has 4 aliphatic rings. The van der Waals surface area contributed by atoms with E-state index < -0.39 is 41.1 Å². The van der Waals surface area contributed by atoms with E-state index in [1.54, 1.807) is 4.90 Å². The SMILES string of the molecule is CC[C@@]12/C=C\CCCOC(=O)[C@@H]1[C@H]1C(=O)N([C@@H](CO)C(C)C)C3C(=O)N(C(C)C)CC=C[C@@]31O2. The average molecular weight is 475 g/mol. The Morgan fingerprint density at radius 1 is 1.09 bits per heavy atom. The monoisotopic (exact) mass is 474 g/mol. The van der Waals surface area contributed by atoms with Gasteiger partial charge in [-0.2, -0.15) is 0 Å². The van der Waals surface area contributed by atoms with Gasteiger partial charge in [-0.05, 0) is 39.0 Å². The topological polar surface area (TPSA) is 96.4 Å². The second kappa shape index (κ2) is 9.11. The predicted molar refractivity (Wildman–Crippen MR) is 125 cm³/mol. The summed E-state index contributed by atoms with van der Waals surface area (Å²) in [5.41, 5.74) is -2.36. The summed E-state index contributed by atoms with van der Waals surface area (Å²) in [6.07, 6.45) is 9.55. The van der Waals surface area contributed by atoms with Gasteiger partial charge in [-0.15, -0.1) is 0 Å². The fraction of sp³-hybridized carbons (Fsp3) is 0.731. The third-order valence-corrected chi connectivity index (χ3v) is 8.04. The van der Waals surface area contributed by atoms with Crippen LogP contribution in [0.4, 0.5) is 0 Å². The van der Waals surface area contributed by atoms with Gasteiger partial charge in [0, 0.05) is 12.6 Å². The van der Waals surface area contributed by atoms with Crippen LogP contribution in [0.3, 0.4) is 0 Å². The lowest BCUT2D eigenvalue weighted by molar-refractivity contribution is -0.164. The van der Waals surface area contributed by atoms with Gasteiger partial charge in [0.2, 0.25) is 11.8 Å². The molecule has 1 unspecified atom stereocenters. The highest BCUT2D eigenvalue weighted by atomic mass is 16.6. The largest absolute Gasteiger partial charge is 0.465 e. The van der Waals surface area contributed by atoms with E-state index >= 15 is 0 Å². The second-order valence-corrected chi connectivity index (χ2v) is 10.6. The van der Waals surface area contributed by atoms with E-state index in [1.165, 1.54) is 4.90 Å². The summed E-state index contributed by atoms with van der Waals surface area (Å²) in [6, 6.07) is -1.63. The first-order valence-electron chi connectivity index (χ1n) is 12.6. The Bertz CT molecular complexity index is 898. The van der Waals surface area contributed by atoms with Gasteiger partial charge in [-0.1, -0.05) is 45.1 Å². The maximum Gasteiger partial charge on any atom is 0.313 e. The molecule has 2 amide bonds. The molecule has 4 rings (SSSR count). The summed E-state index contributed by atoms with van der Waals surface area (Å²) >= 11 is 0. The molecule has 1 spiro atoms. The van der Waals surface area contributed by atoms with E-state index in [1.807, 2.05) is 58.9 Å². The van der Waals surface area contributed by atoms with Crippen molar-refractivity contribution in [1.82, 2.24) is 9.80 Å². The number of rotatable bonds is 5. The van der Waals surface area contributed by atoms with Gasteiger partial charge in [-0.25, -0.2) is 0 Å². The van der Waals surface area contributed by atoms with Crippen molar-refractivity contribution in [2.45, 2.75) is 83.2 Å². The Labute approximate surface area is 201 Å². The lowest BCUT2D eigenvalue weighted by Crippen LogP contribution is -2.60. The summed E-state index contributed by atoms with van der Waals surface area (Å²) in [6.45, 7) is 10.0. The normalized spacial score (nSPS) is 37.5. The van der Waals surface area contributed by atoms with E-state index in [4.69, 9.17) is 9.47 Å². The third kappa shape index (κ3) is 3.52. The van der Waals surface area contributed by atoms with Gasteiger partial charge in [0.15, 0.2) is 0 Å². The van der Waals surface area contributed by atoms with Crippen LogP contribution < -0.4 is 0 Å². The lowest BCUT2D eigenvalue weighted by Gasteiger charge is -2.42. The Kier molecular flexibility index (Phi) is 6.68. The molecular formula is C26H38N2O6. The predicted octanol–water partition coefficient (Wildman–Crippen LogP) is 2.06. The van der Waals surface area contributed by atoms with Gasteiger partial charge >= 0.3 is 5.97 Å². The molecule has 0 radical (unpaired) electrons. The summed E-state index contributed by atoms with van der Waals surface area (Å²) in [7, 11) is 0. The molecule has 6 atom stereocenters. The standard InChI is InChI=1S/C26H38N2O6/c1-6-25-11-8-7-9-14-33-24(32)20(25)19-22(30)28(18(15-29)16(2)3)21-23(31)27(17(4)5)13-10-12-26(19,21)34-25/h8,10-12,16-21,29H,6-7,9,13-15H2,1-5H3/b11-8-/t18-,19-,20-,21?,25+,26-/m0/s1. The number of hydrogen-bond acceptors (Lipinski definition) is 6. The highest BCUT2D eigenvalue weighted by Gasteiger charge is 2.76. The Hall–Kier alpha value is -2.19. The minimum Gasteiger partial charge on any atom is -0.465 e. The number of allylic oxidation sites excluding steroid dienone is 1. The van der Waals surface area contributed by atoms with Crippen molar-refractivity contribution < 1.29 is 29.0 Å². The average Bonchev–Trinajstić information content (AvgIpc) is 3.16. The number of ether oxygens (including phenoxy) is 2. The number of carbonyl (C=O) groups is 3. The molecule has 0 aromatic carbocycles. The van der Waals surface area contributed by atoms with Gasteiger partial charge in [0.25, 0.3) is 0 Å². The molecule has 1 N–H and O–H groups in total. The molecule has 4 heterocycles. The Morgan fingerprint density at radius 2 is 1.82 bits per heavy atom. The molecule has 2 fully saturated rings. The number of carbonyl (C=O) groups excluding carboxylic acids is 3. The molecule has 8 heteroatoms. The van der Waals surface area contributed by atoms with Crippen LogP contribution in [0.25, 0.3) is 0 Å². The van der Waals surface area contributed by atoms with Crippen LogP contribution in [0.15, 0.2) is 24.3 Å². The van der Waals surface area contributed by atoms with Gasteiger partial charge in [0.05, 0.1) is 25.2 Å². The van der Waals surface area contributed by atoms with Crippen LogP contribution in [0.5, 0.6) is 0 Å². The molecule has 188 valence electrons. The van der Waals surface area contributed by atoms with Gasteiger partial charge < -0.3 is 24.4 Å². The molecule has 0 saturated carbocycles. The van der Waals surface area contributed by atoms with Crippen LogP contribution in [0.1, 0.15) is 53.9 Å². The van der Waals surface area contributed by atoms with Crippen LogP contribution in [-0.4, -0.2) is 81.8 Å². The van der Waals surface area contributed by atoms with Crippen molar-refractivity contribution >= 4 is 17.8 Å². The maximum absolute atomic E-state index is 14.2. The Morgan fingerprint density at radius 3 is 2.44 bits per heavy atom. The quantitative estimate of drug-likeness (QED) is 0.484. The van der Waals surface area contributed by atoms with E-state index in [0.29, 0.717) is 19.4 Å². The number of esters is 1. The zero-order valence-corrected chi connectivity index (χ0v) is 20.9. The van der Waals surface area contributed by atoms with E-state index in [9.17, 15) is 19.5 Å². The molecule has 8 nitrogen and oxygen atoms in total. The molecule has 2 saturated heterocycles. The number of amides is 2. The van der Waals surface area contributed by atoms with Gasteiger partial charge in [-0.3, -0.25) is 14.4 Å². The minimum atomic E-state index is -1.32. The summed E-state index contributed by atoms with van der Waals surface area (Å²) in [5, 5.41) is 10.3. The molecular weight excluding hydrogens is 436 g/mol. The van der Waals surface area contributed by atoms with E-state index in [2.05, 4.69) is 0 Å². The zero-order valence-electron chi connectivity index (χ0n) is 20.9. The molecule has 0 aromatic heterocycles. The first kappa shape index (κ1) is 24.9. The van der Waals surface area contributed by atoms with Crippen molar-refractivity contribution in [2.75, 3.05) is 19.8 Å². The molecule has 0 aliphatic carbocycles. The lowest BCUT2D eigenvalue weighted by atomic mass is 9.73. The highest BCUT2D eigenvalue weighted by Crippen LogP contribution is 2.58. The van der Waals surface area contributed by atoms with Crippen LogP contribution in [0.2, 0.25) is 0 Å². The van der Waals surface area contributed by atoms with Crippen LogP contribution in [0, 0.1) is 17.8 Å². The van der Waals surface area contributed by atoms with Crippen molar-refractivity contribution in [1.29, 1.82) is 0 Å². The number of hydrogen-bond donors (Lipinski definition) is 1. The van der Waals surface area contributed by atoms with Crippen molar-refractivity contribution in [3.05, 3.63) is 24.3 Å². The smallest absolute Gasteiger partial charge is 0.313 e. The maximum atomic E-state index is 14.2. The number of cyclic esters (lactones) is 1. The molecule has 0 bridgehead atoms. The fourth-order valence-electron chi connectivity index (χ4n) is 6.27. The summed E-state index contributed by atoms with van der Waals surface area (Å²) in [4.78, 5) is 45.0. The number of likely N-dealkylation sites (tertiary alicyclic amines) is 1. The van der Waals surface area contributed by atoms with E-state index in [-0.39, 0.29) is 37.0 Å². The van der Waals surface area contributed by atoms with E-state index in [0.717, 1.165) is 6.42 Å². The second-order valence-electron chi connectivity index (χ2n) is 10.6. The number of aliphatic hydroxyl groups is 1. The van der Waals surface area contributed by atoms with Crippen LogP contribution >= 0.6 is 0 Å². The molecule has 4 aliphatic heterocycles. The number of nitrogens with zero attached hydrogens (tertiary/aromatic N) is 2. The zero-order chi connectivity index (χ0) is 24.8.